The smallest absolute Gasteiger partial charge is 0.0477 e. The molecule has 3 nitrogen and oxygen atoms in total. The molecule has 0 spiro atoms. The summed E-state index contributed by atoms with van der Waals surface area (Å²) in [5, 5.41) is 6.14. The zero-order valence-corrected chi connectivity index (χ0v) is 14.4. The van der Waals surface area contributed by atoms with E-state index in [0.29, 0.717) is 6.04 Å². The monoisotopic (exact) mass is 339 g/mol. The quantitative estimate of drug-likeness (QED) is 0.786. The molecule has 1 fully saturated rings. The minimum absolute atomic E-state index is 0. The van der Waals surface area contributed by atoms with Crippen molar-refractivity contribution >= 4 is 23.2 Å². The fourth-order valence-electron chi connectivity index (χ4n) is 3.42. The van der Waals surface area contributed by atoms with Crippen molar-refractivity contribution in [3.8, 4) is 0 Å². The molecule has 1 aliphatic heterocycles. The van der Waals surface area contributed by atoms with Gasteiger partial charge in [-0.15, -0.1) is 12.4 Å². The Kier molecular flexibility index (Phi) is 5.46. The molecule has 2 aromatic carbocycles. The van der Waals surface area contributed by atoms with E-state index in [2.05, 4.69) is 69.8 Å². The van der Waals surface area contributed by atoms with Crippen LogP contribution in [0.25, 0.3) is 10.8 Å². The molecule has 0 aliphatic carbocycles. The number of nitrogens with zero attached hydrogens (tertiary/aromatic N) is 2. The molecule has 1 aliphatic rings. The third-order valence-corrected chi connectivity index (χ3v) is 4.64. The van der Waals surface area contributed by atoms with Gasteiger partial charge in [0.05, 0.1) is 0 Å². The number of nitrogens with one attached hydrogen (secondary N) is 1. The first-order valence-electron chi connectivity index (χ1n) is 8.22. The van der Waals surface area contributed by atoms with Crippen LogP contribution in [0.15, 0.2) is 67.0 Å². The number of hydrogen-bond acceptors (Lipinski definition) is 3. The Labute approximate surface area is 149 Å². The first kappa shape index (κ1) is 16.9. The van der Waals surface area contributed by atoms with Crippen LogP contribution in [0.4, 0.5) is 0 Å². The van der Waals surface area contributed by atoms with Crippen molar-refractivity contribution < 1.29 is 0 Å². The summed E-state index contributed by atoms with van der Waals surface area (Å²) >= 11 is 0. The molecule has 4 rings (SSSR count). The van der Waals surface area contributed by atoms with Crippen LogP contribution in [-0.4, -0.2) is 29.5 Å². The van der Waals surface area contributed by atoms with Crippen molar-refractivity contribution in [1.82, 2.24) is 15.2 Å². The van der Waals surface area contributed by atoms with Gasteiger partial charge >= 0.3 is 0 Å². The summed E-state index contributed by atoms with van der Waals surface area (Å²) in [7, 11) is 0. The third kappa shape index (κ3) is 3.59. The van der Waals surface area contributed by atoms with E-state index < -0.39 is 0 Å². The molecule has 24 heavy (non-hydrogen) atoms. The van der Waals surface area contributed by atoms with E-state index in [-0.39, 0.29) is 12.4 Å². The molecule has 4 heteroatoms. The van der Waals surface area contributed by atoms with Gasteiger partial charge in [0.2, 0.25) is 0 Å². The molecule has 1 aromatic heterocycles. The van der Waals surface area contributed by atoms with Crippen LogP contribution < -0.4 is 5.32 Å². The van der Waals surface area contributed by atoms with E-state index in [1.807, 2.05) is 12.4 Å². The lowest BCUT2D eigenvalue weighted by Gasteiger charge is -2.36. The first-order valence-corrected chi connectivity index (χ1v) is 8.22. The van der Waals surface area contributed by atoms with Gasteiger partial charge in [0.25, 0.3) is 0 Å². The lowest BCUT2D eigenvalue weighted by Crippen LogP contribution is -2.45. The molecule has 0 bridgehead atoms. The summed E-state index contributed by atoms with van der Waals surface area (Å²) in [5.41, 5.74) is 2.72. The molecular formula is C20H22ClN3. The highest BCUT2D eigenvalue weighted by molar-refractivity contribution is 5.85. The highest BCUT2D eigenvalue weighted by atomic mass is 35.5. The SMILES string of the molecule is Cl.c1ccc2cc(CN3CCNCC3c3ccncc3)ccc2c1. The van der Waals surface area contributed by atoms with Gasteiger partial charge in [-0.05, 0) is 40.1 Å². The maximum absolute atomic E-state index is 4.14. The molecule has 3 aromatic rings. The van der Waals surface area contributed by atoms with Crippen molar-refractivity contribution in [2.24, 2.45) is 0 Å². The number of hydrogen-bond donors (Lipinski definition) is 1. The second kappa shape index (κ2) is 7.75. The average Bonchev–Trinajstić information content (AvgIpc) is 2.63. The number of rotatable bonds is 3. The second-order valence-corrected chi connectivity index (χ2v) is 6.15. The molecule has 0 saturated carbocycles. The minimum Gasteiger partial charge on any atom is -0.314 e. The normalized spacial score (nSPS) is 18.2. The number of pyridine rings is 1. The molecule has 2 heterocycles. The van der Waals surface area contributed by atoms with E-state index in [9.17, 15) is 0 Å². The number of halogens is 1. The number of fused-ring (bicyclic) bond motifs is 1. The molecule has 1 unspecified atom stereocenters. The maximum Gasteiger partial charge on any atom is 0.0477 e. The fourth-order valence-corrected chi connectivity index (χ4v) is 3.42. The summed E-state index contributed by atoms with van der Waals surface area (Å²) < 4.78 is 0. The van der Waals surface area contributed by atoms with Gasteiger partial charge in [0.15, 0.2) is 0 Å². The van der Waals surface area contributed by atoms with Crippen LogP contribution >= 0.6 is 12.4 Å². The van der Waals surface area contributed by atoms with Crippen molar-refractivity contribution in [2.75, 3.05) is 19.6 Å². The Hall–Kier alpha value is -1.94. The molecule has 0 radical (unpaired) electrons. The first-order chi connectivity index (χ1) is 11.4. The molecule has 1 atom stereocenters. The molecule has 124 valence electrons. The third-order valence-electron chi connectivity index (χ3n) is 4.64. The zero-order valence-electron chi connectivity index (χ0n) is 13.6. The van der Waals surface area contributed by atoms with Crippen LogP contribution in [-0.2, 0) is 6.54 Å². The van der Waals surface area contributed by atoms with E-state index in [1.54, 1.807) is 0 Å². The predicted molar refractivity (Wildman–Crippen MR) is 101 cm³/mol. The molecular weight excluding hydrogens is 318 g/mol. The Balaban J connectivity index is 0.00000169. The van der Waals surface area contributed by atoms with Gasteiger partial charge in [0.1, 0.15) is 0 Å². The molecule has 1 N–H and O–H groups in total. The number of aromatic nitrogens is 1. The molecule has 1 saturated heterocycles. The van der Waals surface area contributed by atoms with Gasteiger partial charge in [-0.3, -0.25) is 9.88 Å². The van der Waals surface area contributed by atoms with Crippen LogP contribution in [0.3, 0.4) is 0 Å². The van der Waals surface area contributed by atoms with Crippen molar-refractivity contribution in [3.05, 3.63) is 78.1 Å². The topological polar surface area (TPSA) is 28.2 Å². The Bertz CT molecular complexity index is 791. The standard InChI is InChI=1S/C20H21N3.ClH/c1-2-4-19-13-16(5-6-17(19)3-1)15-23-12-11-22-14-20(23)18-7-9-21-10-8-18;/h1-10,13,20,22H,11-12,14-15H2;1H. The van der Waals surface area contributed by atoms with Gasteiger partial charge < -0.3 is 5.32 Å². The summed E-state index contributed by atoms with van der Waals surface area (Å²) in [4.78, 5) is 6.71. The van der Waals surface area contributed by atoms with E-state index in [4.69, 9.17) is 0 Å². The Morgan fingerprint density at radius 2 is 1.79 bits per heavy atom. The summed E-state index contributed by atoms with van der Waals surface area (Å²) in [6.07, 6.45) is 3.77. The highest BCUT2D eigenvalue weighted by Gasteiger charge is 2.23. The Morgan fingerprint density at radius 3 is 2.62 bits per heavy atom. The largest absolute Gasteiger partial charge is 0.314 e. The van der Waals surface area contributed by atoms with Crippen LogP contribution in [0.5, 0.6) is 0 Å². The van der Waals surface area contributed by atoms with Gasteiger partial charge in [0, 0.05) is 44.6 Å². The van der Waals surface area contributed by atoms with Crippen LogP contribution in [0.1, 0.15) is 17.2 Å². The van der Waals surface area contributed by atoms with Crippen molar-refractivity contribution in [3.63, 3.8) is 0 Å². The summed E-state index contributed by atoms with van der Waals surface area (Å²) in [6.45, 7) is 4.10. The second-order valence-electron chi connectivity index (χ2n) is 6.15. The maximum atomic E-state index is 4.14. The zero-order chi connectivity index (χ0) is 15.5. The lowest BCUT2D eigenvalue weighted by atomic mass is 10.0. The summed E-state index contributed by atoms with van der Waals surface area (Å²) in [5.74, 6) is 0. The van der Waals surface area contributed by atoms with E-state index in [0.717, 1.165) is 26.2 Å². The number of piperazine rings is 1. The predicted octanol–water partition coefficient (Wildman–Crippen LogP) is 3.80. The fraction of sp³-hybridized carbons (Fsp3) is 0.250. The van der Waals surface area contributed by atoms with Crippen molar-refractivity contribution in [1.29, 1.82) is 0 Å². The van der Waals surface area contributed by atoms with Crippen LogP contribution in [0.2, 0.25) is 0 Å². The van der Waals surface area contributed by atoms with E-state index in [1.165, 1.54) is 21.9 Å². The van der Waals surface area contributed by atoms with Gasteiger partial charge in [-0.2, -0.15) is 0 Å². The van der Waals surface area contributed by atoms with Crippen LogP contribution in [0, 0.1) is 0 Å². The van der Waals surface area contributed by atoms with E-state index >= 15 is 0 Å². The van der Waals surface area contributed by atoms with Crippen molar-refractivity contribution in [2.45, 2.75) is 12.6 Å². The Morgan fingerprint density at radius 1 is 1.00 bits per heavy atom. The highest BCUT2D eigenvalue weighted by Crippen LogP contribution is 2.25. The van der Waals surface area contributed by atoms with Gasteiger partial charge in [-0.25, -0.2) is 0 Å². The minimum atomic E-state index is 0. The summed E-state index contributed by atoms with van der Waals surface area (Å²) in [6, 6.07) is 20.0. The van der Waals surface area contributed by atoms with Gasteiger partial charge in [-0.1, -0.05) is 36.4 Å². The number of benzene rings is 2. The molecule has 0 amide bonds. The average molecular weight is 340 g/mol. The lowest BCUT2D eigenvalue weighted by molar-refractivity contribution is 0.154.